The van der Waals surface area contributed by atoms with Crippen LogP contribution in [0.15, 0.2) is 73.3 Å². The summed E-state index contributed by atoms with van der Waals surface area (Å²) in [4.78, 5) is 60.5. The predicted octanol–water partition coefficient (Wildman–Crippen LogP) is 5.51. The Morgan fingerprint density at radius 1 is 1.00 bits per heavy atom. The molecule has 2 saturated heterocycles. The van der Waals surface area contributed by atoms with E-state index in [4.69, 9.17) is 9.47 Å². The average molecular weight is 799 g/mol. The third-order valence-electron chi connectivity index (χ3n) is 12.1. The van der Waals surface area contributed by atoms with Gasteiger partial charge in [-0.3, -0.25) is 19.2 Å². The highest BCUT2D eigenvalue weighted by Gasteiger charge is 2.63. The first kappa shape index (κ1) is 40.3. The van der Waals surface area contributed by atoms with E-state index < -0.39 is 63.7 Å². The molecule has 1 unspecified atom stereocenters. The summed E-state index contributed by atoms with van der Waals surface area (Å²) in [5.74, 6) is -1.65. The molecule has 12 nitrogen and oxygen atoms in total. The molecule has 13 heteroatoms. The molecule has 0 radical (unpaired) electrons. The van der Waals surface area contributed by atoms with Gasteiger partial charge in [-0.25, -0.2) is 12.7 Å². The van der Waals surface area contributed by atoms with Crippen molar-refractivity contribution in [1.82, 2.24) is 19.4 Å². The van der Waals surface area contributed by atoms with E-state index in [1.54, 1.807) is 13.2 Å². The van der Waals surface area contributed by atoms with Gasteiger partial charge in [0.2, 0.25) is 28.6 Å². The molecule has 3 aromatic carbocycles. The third kappa shape index (κ3) is 8.40. The lowest BCUT2D eigenvalue weighted by Gasteiger charge is -2.36. The van der Waals surface area contributed by atoms with Gasteiger partial charge in [0.05, 0.1) is 19.6 Å². The molecule has 304 valence electrons. The zero-order chi connectivity index (χ0) is 40.6. The summed E-state index contributed by atoms with van der Waals surface area (Å²) in [6.45, 7) is 11.0. The van der Waals surface area contributed by atoms with Crippen LogP contribution in [0.1, 0.15) is 72.1 Å². The van der Waals surface area contributed by atoms with Gasteiger partial charge < -0.3 is 24.6 Å². The minimum atomic E-state index is -3.22. The second-order valence-corrected chi connectivity index (χ2v) is 18.0. The van der Waals surface area contributed by atoms with Gasteiger partial charge in [0.1, 0.15) is 29.2 Å². The van der Waals surface area contributed by atoms with Crippen molar-refractivity contribution in [3.05, 3.63) is 73.3 Å². The smallest absolute Gasteiger partial charge is 0.262 e. The Bertz CT molecular complexity index is 2120. The number of piperidine rings is 1. The number of ether oxygens (including phenoxy) is 2. The molecule has 0 spiro atoms. The van der Waals surface area contributed by atoms with Gasteiger partial charge in [-0.1, -0.05) is 57.2 Å². The molecule has 2 aliphatic carbocycles. The summed E-state index contributed by atoms with van der Waals surface area (Å²) in [5.41, 5.74) is -0.224. The van der Waals surface area contributed by atoms with Gasteiger partial charge in [0.15, 0.2) is 0 Å². The lowest BCUT2D eigenvalue weighted by Crippen LogP contribution is -2.57. The Morgan fingerprint density at radius 2 is 1.72 bits per heavy atom. The SMILES string of the molecule is C=CC1C[C@]1(NC(=O)[C@@H]1C[C@@H](Oc2cc(-c3ccccc3)cc3cc(OC)ccc23)CN1C(=O)[C@@H](CC(=O)N1CCCCC1)C(C)(C)C)C(=O)N(C1CC1)[SH](=O)=O. The fourth-order valence-electron chi connectivity index (χ4n) is 8.52. The molecule has 57 heavy (non-hydrogen) atoms. The number of thiol groups is 1. The number of methoxy groups -OCH3 is 1. The number of likely N-dealkylation sites (tertiary alicyclic amines) is 2. The molecular formula is C44H54N4O8S. The largest absolute Gasteiger partial charge is 0.497 e. The van der Waals surface area contributed by atoms with E-state index in [-0.39, 0.29) is 37.6 Å². The maximum atomic E-state index is 14.9. The van der Waals surface area contributed by atoms with E-state index >= 15 is 0 Å². The van der Waals surface area contributed by atoms with Gasteiger partial charge in [-0.15, -0.1) is 6.58 Å². The molecular weight excluding hydrogens is 745 g/mol. The van der Waals surface area contributed by atoms with Gasteiger partial charge in [0.25, 0.3) is 5.91 Å². The quantitative estimate of drug-likeness (QED) is 0.171. The highest BCUT2D eigenvalue weighted by Crippen LogP contribution is 2.48. The van der Waals surface area contributed by atoms with E-state index in [1.807, 2.05) is 80.3 Å². The summed E-state index contributed by atoms with van der Waals surface area (Å²) in [6.07, 6.45) is 5.27. The average Bonchev–Trinajstić information content (AvgIpc) is 4.12. The molecule has 5 atom stereocenters. The zero-order valence-corrected chi connectivity index (χ0v) is 34.2. The van der Waals surface area contributed by atoms with Crippen LogP contribution in [0.25, 0.3) is 21.9 Å². The summed E-state index contributed by atoms with van der Waals surface area (Å²) >= 11 is 0. The van der Waals surface area contributed by atoms with E-state index in [0.29, 0.717) is 37.4 Å². The third-order valence-corrected chi connectivity index (χ3v) is 13.0. The Balaban J connectivity index is 1.23. The molecule has 2 aliphatic heterocycles. The number of hydrogen-bond acceptors (Lipinski definition) is 8. The normalized spacial score (nSPS) is 23.8. The Hall–Kier alpha value is -4.91. The Kier molecular flexibility index (Phi) is 11.4. The number of rotatable bonds is 13. The van der Waals surface area contributed by atoms with Crippen molar-refractivity contribution in [2.75, 3.05) is 26.7 Å². The number of carbonyl (C=O) groups is 4. The summed E-state index contributed by atoms with van der Waals surface area (Å²) in [7, 11) is -1.61. The van der Waals surface area contributed by atoms with Crippen LogP contribution in [0.3, 0.4) is 0 Å². The summed E-state index contributed by atoms with van der Waals surface area (Å²) in [5, 5.41) is 4.64. The van der Waals surface area contributed by atoms with Gasteiger partial charge in [-0.2, -0.15) is 0 Å². The van der Waals surface area contributed by atoms with Crippen molar-refractivity contribution in [3.63, 3.8) is 0 Å². The van der Waals surface area contributed by atoms with Crippen LogP contribution < -0.4 is 14.8 Å². The van der Waals surface area contributed by atoms with Crippen molar-refractivity contribution in [2.24, 2.45) is 17.3 Å². The van der Waals surface area contributed by atoms with E-state index in [2.05, 4.69) is 18.0 Å². The molecule has 7 rings (SSSR count). The number of carbonyl (C=O) groups excluding carboxylic acids is 4. The topological polar surface area (TPSA) is 143 Å². The molecule has 3 aromatic rings. The first-order valence-electron chi connectivity index (χ1n) is 20.1. The molecule has 4 amide bonds. The predicted molar refractivity (Wildman–Crippen MR) is 218 cm³/mol. The number of nitrogens with zero attached hydrogens (tertiary/aromatic N) is 3. The second kappa shape index (κ2) is 16.2. The molecule has 1 N–H and O–H groups in total. The van der Waals surface area contributed by atoms with E-state index in [1.165, 1.54) is 4.90 Å². The van der Waals surface area contributed by atoms with Gasteiger partial charge in [0, 0.05) is 43.3 Å². The summed E-state index contributed by atoms with van der Waals surface area (Å²) < 4.78 is 37.8. The number of hydrogen-bond donors (Lipinski definition) is 2. The van der Waals surface area contributed by atoms with Crippen LogP contribution >= 0.6 is 0 Å². The zero-order valence-electron chi connectivity index (χ0n) is 33.3. The standard InChI is InChI=1S/C44H54N4O8S/c1-6-31-26-44(31,42(52)48(57(53)54)32-15-16-32)45-40(50)37-24-34(27-47(37)41(51)36(43(2,3)4)25-39(49)46-19-11-8-12-20-46)56-38-23-29(28-13-9-7-10-14-28)21-30-22-33(55-5)17-18-35(30)38/h6-7,9-10,13-14,17-18,21-23,31-32,34,36-37,57H,1,8,11-12,15-16,19-20,24-27H2,2-5H3,(H,45,50)/t31?,34-,36-,37+,44-/m1/s1. The molecule has 2 saturated carbocycles. The molecule has 4 aliphatic rings. The van der Waals surface area contributed by atoms with E-state index in [9.17, 15) is 27.6 Å². The van der Waals surface area contributed by atoms with Crippen molar-refractivity contribution in [2.45, 2.75) is 95.9 Å². The van der Waals surface area contributed by atoms with Crippen molar-refractivity contribution < 1.29 is 37.1 Å². The van der Waals surface area contributed by atoms with Crippen LogP contribution in [-0.2, 0) is 30.1 Å². The van der Waals surface area contributed by atoms with Gasteiger partial charge >= 0.3 is 0 Å². The molecule has 4 fully saturated rings. The number of fused-ring (bicyclic) bond motifs is 1. The van der Waals surface area contributed by atoms with Crippen LogP contribution in [-0.4, -0.2) is 96.6 Å². The van der Waals surface area contributed by atoms with Crippen molar-refractivity contribution in [3.8, 4) is 22.6 Å². The monoisotopic (exact) mass is 798 g/mol. The van der Waals surface area contributed by atoms with E-state index in [0.717, 1.165) is 45.5 Å². The summed E-state index contributed by atoms with van der Waals surface area (Å²) in [6, 6.07) is 18.2. The highest BCUT2D eigenvalue weighted by molar-refractivity contribution is 7.70. The molecule has 2 heterocycles. The molecule has 0 aromatic heterocycles. The second-order valence-electron chi connectivity index (χ2n) is 17.1. The first-order chi connectivity index (χ1) is 27.2. The van der Waals surface area contributed by atoms with Gasteiger partial charge in [-0.05, 0) is 90.8 Å². The van der Waals surface area contributed by atoms with Crippen LogP contribution in [0, 0.1) is 17.3 Å². The van der Waals surface area contributed by atoms with Crippen molar-refractivity contribution in [1.29, 1.82) is 0 Å². The minimum absolute atomic E-state index is 0.00184. The van der Waals surface area contributed by atoms with Crippen LogP contribution in [0.5, 0.6) is 11.5 Å². The van der Waals surface area contributed by atoms with Crippen molar-refractivity contribution >= 4 is 45.3 Å². The fraction of sp³-hybridized carbons (Fsp3) is 0.500. The number of amides is 4. The number of nitrogens with one attached hydrogen (secondary N) is 1. The molecule has 0 bridgehead atoms. The lowest BCUT2D eigenvalue weighted by atomic mass is 9.77. The van der Waals surface area contributed by atoms with Crippen LogP contribution in [0.2, 0.25) is 0 Å². The highest BCUT2D eigenvalue weighted by atomic mass is 32.2. The number of benzene rings is 3. The maximum absolute atomic E-state index is 14.9. The van der Waals surface area contributed by atoms with Crippen LogP contribution in [0.4, 0.5) is 0 Å². The lowest BCUT2D eigenvalue weighted by molar-refractivity contribution is -0.149. The Morgan fingerprint density at radius 3 is 2.33 bits per heavy atom. The first-order valence-corrected chi connectivity index (χ1v) is 21.2. The Labute approximate surface area is 336 Å². The fourth-order valence-corrected chi connectivity index (χ4v) is 9.34. The maximum Gasteiger partial charge on any atom is 0.262 e. The minimum Gasteiger partial charge on any atom is -0.497 e.